The van der Waals surface area contributed by atoms with Gasteiger partial charge in [0.1, 0.15) is 5.82 Å². The predicted octanol–water partition coefficient (Wildman–Crippen LogP) is 1.23. The molecule has 0 spiro atoms. The van der Waals surface area contributed by atoms with Gasteiger partial charge in [-0.15, -0.1) is 0 Å². The molecule has 0 aliphatic carbocycles. The van der Waals surface area contributed by atoms with Crippen molar-refractivity contribution in [3.63, 3.8) is 0 Å². The maximum atomic E-state index is 11.3. The quantitative estimate of drug-likeness (QED) is 0.784. The van der Waals surface area contributed by atoms with Crippen molar-refractivity contribution >= 4 is 28.2 Å². The van der Waals surface area contributed by atoms with E-state index >= 15 is 0 Å². The summed E-state index contributed by atoms with van der Waals surface area (Å²) in [6.45, 7) is 4.22. The molecule has 0 amide bonds. The second kappa shape index (κ2) is 5.95. The molecule has 0 aromatic carbocycles. The average Bonchev–Trinajstić information content (AvgIpc) is 2.27. The Morgan fingerprint density at radius 3 is 3.06 bits per heavy atom. The van der Waals surface area contributed by atoms with E-state index in [-0.39, 0.29) is 11.3 Å². The van der Waals surface area contributed by atoms with E-state index < -0.39 is 10.8 Å². The number of rotatable bonds is 3. The van der Waals surface area contributed by atoms with E-state index in [1.807, 2.05) is 6.07 Å². The molecule has 0 saturated carbocycles. The third-order valence-corrected chi connectivity index (χ3v) is 3.62. The summed E-state index contributed by atoms with van der Waals surface area (Å²) in [5.41, 5.74) is 0.713. The van der Waals surface area contributed by atoms with E-state index in [0.717, 1.165) is 12.4 Å². The van der Waals surface area contributed by atoms with Gasteiger partial charge in [-0.05, 0) is 18.5 Å². The third-order valence-electron chi connectivity index (χ3n) is 2.75. The van der Waals surface area contributed by atoms with Gasteiger partial charge in [0.05, 0.1) is 30.7 Å². The summed E-state index contributed by atoms with van der Waals surface area (Å²) >= 11 is 5.92. The van der Waals surface area contributed by atoms with Crippen molar-refractivity contribution in [3.8, 4) is 0 Å². The molecular formula is C11H16ClN3O2S. The van der Waals surface area contributed by atoms with Gasteiger partial charge in [-0.25, -0.2) is 9.97 Å². The molecule has 1 aliphatic heterocycles. The van der Waals surface area contributed by atoms with E-state index in [1.54, 1.807) is 6.26 Å². The fourth-order valence-corrected chi connectivity index (χ4v) is 2.71. The Hall–Kier alpha value is -0.720. The van der Waals surface area contributed by atoms with Crippen LogP contribution in [0.2, 0.25) is 5.28 Å². The number of aromatic nitrogens is 2. The lowest BCUT2D eigenvalue weighted by molar-refractivity contribution is 0.0985. The van der Waals surface area contributed by atoms with Crippen LogP contribution in [-0.2, 0) is 21.3 Å². The second-order valence-electron chi connectivity index (χ2n) is 4.32. The minimum atomic E-state index is -0.939. The fraction of sp³-hybridized carbons (Fsp3) is 0.636. The molecule has 0 radical (unpaired) electrons. The molecule has 2 rings (SSSR count). The van der Waals surface area contributed by atoms with Crippen LogP contribution in [0, 0.1) is 0 Å². The van der Waals surface area contributed by atoms with E-state index in [4.69, 9.17) is 16.3 Å². The lowest BCUT2D eigenvalue weighted by Gasteiger charge is -2.34. The van der Waals surface area contributed by atoms with Crippen molar-refractivity contribution in [1.82, 2.24) is 9.97 Å². The number of ether oxygens (including phenoxy) is 1. The summed E-state index contributed by atoms with van der Waals surface area (Å²) in [4.78, 5) is 10.5. The van der Waals surface area contributed by atoms with Crippen molar-refractivity contribution in [3.05, 3.63) is 17.0 Å². The van der Waals surface area contributed by atoms with Gasteiger partial charge in [-0.1, -0.05) is 0 Å². The van der Waals surface area contributed by atoms with Gasteiger partial charge < -0.3 is 9.64 Å². The minimum absolute atomic E-state index is 0.201. The molecule has 1 fully saturated rings. The van der Waals surface area contributed by atoms with Crippen LogP contribution in [0.1, 0.15) is 12.6 Å². The summed E-state index contributed by atoms with van der Waals surface area (Å²) in [5, 5.41) is 0.201. The SMILES string of the molecule is CC1COCCN1c1cc(C[S@@](C)=O)nc(Cl)n1. The molecule has 1 aromatic rings. The zero-order chi connectivity index (χ0) is 13.1. The smallest absolute Gasteiger partial charge is 0.224 e. The lowest BCUT2D eigenvalue weighted by Crippen LogP contribution is -2.44. The highest BCUT2D eigenvalue weighted by atomic mass is 35.5. The molecule has 7 heteroatoms. The van der Waals surface area contributed by atoms with Crippen molar-refractivity contribution in [1.29, 1.82) is 0 Å². The Morgan fingerprint density at radius 2 is 2.39 bits per heavy atom. The largest absolute Gasteiger partial charge is 0.377 e. The van der Waals surface area contributed by atoms with Crippen LogP contribution < -0.4 is 4.90 Å². The maximum absolute atomic E-state index is 11.3. The zero-order valence-electron chi connectivity index (χ0n) is 10.4. The lowest BCUT2D eigenvalue weighted by atomic mass is 10.2. The van der Waals surface area contributed by atoms with Crippen LogP contribution in [-0.4, -0.2) is 46.2 Å². The van der Waals surface area contributed by atoms with Crippen LogP contribution in [0.15, 0.2) is 6.07 Å². The van der Waals surface area contributed by atoms with Gasteiger partial charge in [0, 0.05) is 29.7 Å². The first-order valence-electron chi connectivity index (χ1n) is 5.74. The summed E-state index contributed by atoms with van der Waals surface area (Å²) in [6, 6.07) is 2.11. The number of nitrogens with zero attached hydrogens (tertiary/aromatic N) is 3. The molecule has 1 aliphatic rings. The first-order valence-corrected chi connectivity index (χ1v) is 7.84. The fourth-order valence-electron chi connectivity index (χ4n) is 1.95. The summed E-state index contributed by atoms with van der Waals surface area (Å²) in [7, 11) is -0.939. The number of hydrogen-bond acceptors (Lipinski definition) is 5. The minimum Gasteiger partial charge on any atom is -0.377 e. The molecule has 5 nitrogen and oxygen atoms in total. The molecule has 1 unspecified atom stereocenters. The Kier molecular flexibility index (Phi) is 4.53. The summed E-state index contributed by atoms with van der Waals surface area (Å²) in [5.74, 6) is 1.18. The molecule has 0 N–H and O–H groups in total. The first-order chi connectivity index (χ1) is 8.56. The molecular weight excluding hydrogens is 274 g/mol. The van der Waals surface area contributed by atoms with Crippen molar-refractivity contribution in [2.24, 2.45) is 0 Å². The molecule has 100 valence electrons. The van der Waals surface area contributed by atoms with Gasteiger partial charge >= 0.3 is 0 Å². The van der Waals surface area contributed by atoms with Gasteiger partial charge in [0.2, 0.25) is 5.28 Å². The molecule has 1 saturated heterocycles. The highest BCUT2D eigenvalue weighted by Crippen LogP contribution is 2.20. The average molecular weight is 290 g/mol. The van der Waals surface area contributed by atoms with E-state index in [0.29, 0.717) is 24.7 Å². The van der Waals surface area contributed by atoms with Crippen LogP contribution >= 0.6 is 11.6 Å². The number of anilines is 1. The Balaban J connectivity index is 2.26. The predicted molar refractivity (Wildman–Crippen MR) is 72.4 cm³/mol. The molecule has 2 atom stereocenters. The number of halogens is 1. The monoisotopic (exact) mass is 289 g/mol. The van der Waals surface area contributed by atoms with E-state index in [9.17, 15) is 4.21 Å². The normalized spacial score (nSPS) is 21.9. The van der Waals surface area contributed by atoms with E-state index in [2.05, 4.69) is 21.8 Å². The van der Waals surface area contributed by atoms with Crippen molar-refractivity contribution in [2.75, 3.05) is 30.9 Å². The number of hydrogen-bond donors (Lipinski definition) is 0. The summed E-state index contributed by atoms with van der Waals surface area (Å²) in [6.07, 6.45) is 1.65. The summed E-state index contributed by atoms with van der Waals surface area (Å²) < 4.78 is 16.6. The van der Waals surface area contributed by atoms with E-state index in [1.165, 1.54) is 0 Å². The standard InChI is InChI=1S/C11H16ClN3O2S/c1-8-6-17-4-3-15(8)10-5-9(7-18(2)16)13-11(12)14-10/h5,8H,3-4,6-7H2,1-2H3/t8?,18-/m1/s1. The topological polar surface area (TPSA) is 55.3 Å². The maximum Gasteiger partial charge on any atom is 0.224 e. The van der Waals surface area contributed by atoms with Gasteiger partial charge in [-0.2, -0.15) is 0 Å². The number of morpholine rings is 1. The van der Waals surface area contributed by atoms with Gasteiger partial charge in [0.25, 0.3) is 0 Å². The van der Waals surface area contributed by atoms with Crippen LogP contribution in [0.25, 0.3) is 0 Å². The van der Waals surface area contributed by atoms with Crippen LogP contribution in [0.4, 0.5) is 5.82 Å². The molecule has 0 bridgehead atoms. The van der Waals surface area contributed by atoms with Crippen LogP contribution in [0.3, 0.4) is 0 Å². The molecule has 2 heterocycles. The molecule has 1 aromatic heterocycles. The van der Waals surface area contributed by atoms with Crippen molar-refractivity contribution < 1.29 is 8.95 Å². The Morgan fingerprint density at radius 1 is 1.61 bits per heavy atom. The highest BCUT2D eigenvalue weighted by molar-refractivity contribution is 7.83. The van der Waals surface area contributed by atoms with Gasteiger partial charge in [-0.3, -0.25) is 4.21 Å². The first kappa shape index (κ1) is 13.7. The Bertz CT molecular complexity index is 458. The van der Waals surface area contributed by atoms with Crippen LogP contribution in [0.5, 0.6) is 0 Å². The highest BCUT2D eigenvalue weighted by Gasteiger charge is 2.21. The second-order valence-corrected chi connectivity index (χ2v) is 6.09. The van der Waals surface area contributed by atoms with Crippen molar-refractivity contribution in [2.45, 2.75) is 18.7 Å². The molecule has 18 heavy (non-hydrogen) atoms. The van der Waals surface area contributed by atoms with Gasteiger partial charge in [0.15, 0.2) is 0 Å². The Labute approximate surface area is 114 Å². The zero-order valence-corrected chi connectivity index (χ0v) is 12.0. The third kappa shape index (κ3) is 3.40.